The summed E-state index contributed by atoms with van der Waals surface area (Å²) in [6.07, 6.45) is 25.2. The van der Waals surface area contributed by atoms with Gasteiger partial charge >= 0.3 is 23.9 Å². The molecule has 6 aromatic rings. The number of benzene rings is 4. The molecule has 0 aliphatic carbocycles. The van der Waals surface area contributed by atoms with Crippen molar-refractivity contribution in [3.8, 4) is 34.1 Å². The minimum Gasteiger partial charge on any atom is -0.423 e. The van der Waals surface area contributed by atoms with Crippen LogP contribution in [0.4, 0.5) is 0 Å². The molecule has 0 aliphatic rings. The summed E-state index contributed by atoms with van der Waals surface area (Å²) in [7, 11) is 0. The number of rotatable bonds is 29. The van der Waals surface area contributed by atoms with Crippen molar-refractivity contribution in [1.29, 1.82) is 0 Å². The van der Waals surface area contributed by atoms with Crippen LogP contribution in [0.25, 0.3) is 11.1 Å². The Balaban J connectivity index is 0.901. The van der Waals surface area contributed by atoms with E-state index in [9.17, 15) is 19.2 Å². The molecule has 0 saturated heterocycles. The number of allylic oxidation sites excluding steroid dienone is 2. The van der Waals surface area contributed by atoms with Crippen molar-refractivity contribution in [2.75, 3.05) is 0 Å². The van der Waals surface area contributed by atoms with Crippen molar-refractivity contribution in [3.05, 3.63) is 177 Å². The predicted octanol–water partition coefficient (Wildman–Crippen LogP) is 16.1. The van der Waals surface area contributed by atoms with Crippen LogP contribution in [0.2, 0.25) is 0 Å². The van der Waals surface area contributed by atoms with E-state index in [2.05, 4.69) is 13.2 Å². The van der Waals surface area contributed by atoms with Crippen LogP contribution in [-0.2, 0) is 12.8 Å². The van der Waals surface area contributed by atoms with Gasteiger partial charge in [0.15, 0.2) is 0 Å². The minimum atomic E-state index is -0.557. The highest BCUT2D eigenvalue weighted by Crippen LogP contribution is 2.28. The van der Waals surface area contributed by atoms with Gasteiger partial charge < -0.3 is 18.9 Å². The average Bonchev–Trinajstić information content (AvgIpc) is 4.05. The fourth-order valence-electron chi connectivity index (χ4n) is 7.61. The molecule has 0 spiro atoms. The molecule has 0 bridgehead atoms. The molecule has 68 heavy (non-hydrogen) atoms. The van der Waals surface area contributed by atoms with Crippen LogP contribution >= 0.6 is 22.7 Å². The first-order valence-corrected chi connectivity index (χ1v) is 25.6. The summed E-state index contributed by atoms with van der Waals surface area (Å²) in [5.74, 6) is -0.591. The maximum absolute atomic E-state index is 13.1. The molecule has 0 unspecified atom stereocenters. The summed E-state index contributed by atoms with van der Waals surface area (Å²) < 4.78 is 22.5. The van der Waals surface area contributed by atoms with E-state index in [-0.39, 0.29) is 0 Å². The molecule has 0 saturated carbocycles. The van der Waals surface area contributed by atoms with Crippen molar-refractivity contribution in [2.24, 2.45) is 0 Å². The minimum absolute atomic E-state index is 0.303. The number of hydrogen-bond acceptors (Lipinski definition) is 10. The normalized spacial score (nSPS) is 10.9. The van der Waals surface area contributed by atoms with Crippen molar-refractivity contribution in [2.45, 2.75) is 116 Å². The van der Waals surface area contributed by atoms with Crippen LogP contribution in [0.3, 0.4) is 0 Å². The smallest absolute Gasteiger partial charge is 0.353 e. The highest BCUT2D eigenvalue weighted by atomic mass is 32.1. The molecule has 6 rings (SSSR count). The van der Waals surface area contributed by atoms with E-state index in [0.29, 0.717) is 43.9 Å². The van der Waals surface area contributed by atoms with Crippen molar-refractivity contribution >= 4 is 46.6 Å². The Labute approximate surface area is 409 Å². The second-order valence-corrected chi connectivity index (χ2v) is 19.1. The Morgan fingerprint density at radius 3 is 1.21 bits per heavy atom. The maximum Gasteiger partial charge on any atom is 0.353 e. The van der Waals surface area contributed by atoms with Crippen LogP contribution in [0.15, 0.2) is 147 Å². The van der Waals surface area contributed by atoms with Crippen molar-refractivity contribution < 1.29 is 38.1 Å². The molecule has 8 nitrogen and oxygen atoms in total. The Hall–Kier alpha value is -6.36. The number of carbonyl (C=O) groups excluding carboxylic acids is 4. The zero-order valence-electron chi connectivity index (χ0n) is 38.9. The van der Waals surface area contributed by atoms with Crippen LogP contribution < -0.4 is 18.9 Å². The number of aryl methyl sites for hydroxylation is 2. The average molecular weight is 951 g/mol. The maximum atomic E-state index is 13.1. The Bertz CT molecular complexity index is 2530. The summed E-state index contributed by atoms with van der Waals surface area (Å²) in [5, 5.41) is 0. The zero-order chi connectivity index (χ0) is 47.8. The first kappa shape index (κ1) is 51.0. The number of esters is 4. The number of hydrogen-bond donors (Lipinski definition) is 0. The van der Waals surface area contributed by atoms with Gasteiger partial charge in [0.05, 0.1) is 11.1 Å². The number of thiophene rings is 2. The number of ether oxygens (including phenoxy) is 4. The fourth-order valence-corrected chi connectivity index (χ4v) is 9.46. The van der Waals surface area contributed by atoms with Gasteiger partial charge in [0, 0.05) is 9.75 Å². The zero-order valence-corrected chi connectivity index (χ0v) is 40.6. The third kappa shape index (κ3) is 17.1. The SMILES string of the molecule is C=CCCCCCCCCCc1ccc(C(=O)Oc2ccc(C(=O)Oc3ccc(-c4cccc(OC(=O)c5ccc(OC(=O)c6ccc(CCCCCCCCCC=C)s6)cc5)c4)cc3)cc2)s1. The van der Waals surface area contributed by atoms with Gasteiger partial charge in [0.1, 0.15) is 32.8 Å². The molecule has 354 valence electrons. The highest BCUT2D eigenvalue weighted by Gasteiger charge is 2.16. The Morgan fingerprint density at radius 1 is 0.382 bits per heavy atom. The van der Waals surface area contributed by atoms with Gasteiger partial charge in [-0.05, 0) is 160 Å². The predicted molar refractivity (Wildman–Crippen MR) is 275 cm³/mol. The van der Waals surface area contributed by atoms with E-state index >= 15 is 0 Å². The summed E-state index contributed by atoms with van der Waals surface area (Å²) in [6.45, 7) is 7.56. The van der Waals surface area contributed by atoms with Crippen molar-refractivity contribution in [1.82, 2.24) is 0 Å². The largest absolute Gasteiger partial charge is 0.423 e. The van der Waals surface area contributed by atoms with Crippen molar-refractivity contribution in [3.63, 3.8) is 0 Å². The van der Waals surface area contributed by atoms with Gasteiger partial charge in [-0.1, -0.05) is 101 Å². The summed E-state index contributed by atoms with van der Waals surface area (Å²) in [6, 6.07) is 34.3. The van der Waals surface area contributed by atoms with Gasteiger partial charge in [0.25, 0.3) is 0 Å². The standard InChI is InChI=1S/C58H62O8S2/c1-3-5-7-9-11-13-15-17-19-24-51-38-40-53(67-51)57(61)64-48-34-28-44(29-35-48)55(59)63-47-32-26-43(27-33-47)46-22-21-23-50(42-46)66-56(60)45-30-36-49(37-31-45)65-58(62)54-41-39-52(68-54)25-20-18-16-14-12-10-8-6-4-2/h3-4,21-23,26-42H,1-2,5-20,24-25H2. The lowest BCUT2D eigenvalue weighted by Gasteiger charge is -2.09. The molecule has 2 heterocycles. The van der Waals surface area contributed by atoms with Gasteiger partial charge in [-0.25, -0.2) is 19.2 Å². The summed E-state index contributed by atoms with van der Waals surface area (Å²) in [5.41, 5.74) is 2.21. The van der Waals surface area contributed by atoms with Crippen LogP contribution in [0.5, 0.6) is 23.0 Å². The molecule has 0 amide bonds. The molecule has 2 aromatic heterocycles. The van der Waals surface area contributed by atoms with E-state index in [0.717, 1.165) is 49.7 Å². The number of carbonyl (C=O) groups is 4. The lowest BCUT2D eigenvalue weighted by molar-refractivity contribution is 0.0722. The topological polar surface area (TPSA) is 105 Å². The third-order valence-corrected chi connectivity index (χ3v) is 13.7. The van der Waals surface area contributed by atoms with Crippen LogP contribution in [-0.4, -0.2) is 23.9 Å². The van der Waals surface area contributed by atoms with Gasteiger partial charge in [0.2, 0.25) is 0 Å². The highest BCUT2D eigenvalue weighted by molar-refractivity contribution is 7.14. The number of unbranched alkanes of at least 4 members (excludes halogenated alkanes) is 14. The lowest BCUT2D eigenvalue weighted by Crippen LogP contribution is -2.09. The van der Waals surface area contributed by atoms with Gasteiger partial charge in [-0.3, -0.25) is 0 Å². The molecule has 0 N–H and O–H groups in total. The molecule has 0 aliphatic heterocycles. The first-order valence-electron chi connectivity index (χ1n) is 24.0. The molecule has 10 heteroatoms. The van der Waals surface area contributed by atoms with E-state index in [1.165, 1.54) is 109 Å². The Morgan fingerprint density at radius 2 is 0.765 bits per heavy atom. The quantitative estimate of drug-likeness (QED) is 0.0198. The summed E-state index contributed by atoms with van der Waals surface area (Å²) >= 11 is 2.93. The van der Waals surface area contributed by atoms with E-state index in [1.54, 1.807) is 78.9 Å². The second kappa shape index (κ2) is 28.1. The lowest BCUT2D eigenvalue weighted by atomic mass is 10.1. The van der Waals surface area contributed by atoms with Crippen LogP contribution in [0, 0.1) is 0 Å². The monoisotopic (exact) mass is 950 g/mol. The summed E-state index contributed by atoms with van der Waals surface area (Å²) in [4.78, 5) is 55.2. The first-order chi connectivity index (χ1) is 33.3. The van der Waals surface area contributed by atoms with Gasteiger partial charge in [-0.2, -0.15) is 0 Å². The van der Waals surface area contributed by atoms with E-state index < -0.39 is 23.9 Å². The molecule has 0 fully saturated rings. The Kier molecular flexibility index (Phi) is 21.1. The van der Waals surface area contributed by atoms with Gasteiger partial charge in [-0.15, -0.1) is 35.8 Å². The molecule has 0 atom stereocenters. The third-order valence-electron chi connectivity index (χ3n) is 11.4. The fraction of sp³-hybridized carbons (Fsp3) is 0.310. The van der Waals surface area contributed by atoms with E-state index in [4.69, 9.17) is 18.9 Å². The molecule has 0 radical (unpaired) electrons. The van der Waals surface area contributed by atoms with Crippen LogP contribution in [0.1, 0.15) is 153 Å². The molecular formula is C58H62O8S2. The molecule has 4 aromatic carbocycles. The molecular weight excluding hydrogens is 889 g/mol. The second-order valence-electron chi connectivity index (χ2n) is 16.8. The van der Waals surface area contributed by atoms with E-state index in [1.807, 2.05) is 54.6 Å².